The van der Waals surface area contributed by atoms with Crippen molar-refractivity contribution in [3.63, 3.8) is 0 Å². The fourth-order valence-corrected chi connectivity index (χ4v) is 4.86. The highest BCUT2D eigenvalue weighted by atomic mass is 16.5. The van der Waals surface area contributed by atoms with Crippen LogP contribution in [0.2, 0.25) is 0 Å². The average Bonchev–Trinajstić information content (AvgIpc) is 2.83. The molecular weight excluding hydrogens is 396 g/mol. The maximum absolute atomic E-state index is 5.49. The summed E-state index contributed by atoms with van der Waals surface area (Å²) in [4.78, 5) is 5.05. The van der Waals surface area contributed by atoms with Crippen molar-refractivity contribution in [1.82, 2.24) is 9.80 Å². The molecule has 0 spiro atoms. The van der Waals surface area contributed by atoms with Gasteiger partial charge in [-0.1, -0.05) is 42.5 Å². The van der Waals surface area contributed by atoms with Gasteiger partial charge in [0, 0.05) is 13.1 Å². The summed E-state index contributed by atoms with van der Waals surface area (Å²) in [6, 6.07) is 19.7. The Morgan fingerprint density at radius 3 is 2.41 bits per heavy atom. The average molecular weight is 433 g/mol. The molecule has 4 nitrogen and oxygen atoms in total. The van der Waals surface area contributed by atoms with E-state index in [1.165, 1.54) is 40.3 Å². The van der Waals surface area contributed by atoms with Crippen molar-refractivity contribution in [2.45, 2.75) is 32.2 Å². The molecule has 0 radical (unpaired) electrons. The molecule has 4 heteroatoms. The van der Waals surface area contributed by atoms with Gasteiger partial charge < -0.3 is 14.4 Å². The molecule has 0 saturated carbocycles. The van der Waals surface area contributed by atoms with Crippen molar-refractivity contribution in [1.29, 1.82) is 0 Å². The van der Waals surface area contributed by atoms with Crippen LogP contribution in [-0.2, 0) is 19.4 Å². The van der Waals surface area contributed by atoms with Gasteiger partial charge in [-0.25, -0.2) is 0 Å². The summed E-state index contributed by atoms with van der Waals surface area (Å²) in [5.74, 6) is 1.67. The van der Waals surface area contributed by atoms with Crippen LogP contribution in [-0.4, -0.2) is 57.2 Å². The molecule has 0 fully saturated rings. The second-order valence-corrected chi connectivity index (χ2v) is 8.90. The highest BCUT2D eigenvalue weighted by Crippen LogP contribution is 2.33. The third kappa shape index (κ3) is 5.43. The predicted molar refractivity (Wildman–Crippen MR) is 133 cm³/mol. The summed E-state index contributed by atoms with van der Waals surface area (Å²) in [5.41, 5.74) is 4.23. The maximum atomic E-state index is 5.49. The molecule has 0 saturated heterocycles. The number of hydrogen-bond acceptors (Lipinski definition) is 4. The van der Waals surface area contributed by atoms with Crippen molar-refractivity contribution in [2.24, 2.45) is 0 Å². The van der Waals surface area contributed by atoms with Crippen LogP contribution in [0, 0.1) is 0 Å². The molecule has 1 heterocycles. The highest BCUT2D eigenvalue weighted by molar-refractivity contribution is 5.85. The lowest BCUT2D eigenvalue weighted by atomic mass is 9.98. The molecule has 32 heavy (non-hydrogen) atoms. The monoisotopic (exact) mass is 432 g/mol. The van der Waals surface area contributed by atoms with E-state index < -0.39 is 0 Å². The van der Waals surface area contributed by atoms with Crippen molar-refractivity contribution in [3.05, 3.63) is 71.3 Å². The molecule has 0 unspecified atom stereocenters. The first-order valence-electron chi connectivity index (χ1n) is 11.8. The van der Waals surface area contributed by atoms with Crippen LogP contribution in [0.25, 0.3) is 10.8 Å². The van der Waals surface area contributed by atoms with Crippen LogP contribution in [0.5, 0.6) is 11.5 Å². The van der Waals surface area contributed by atoms with E-state index in [-0.39, 0.29) is 0 Å². The van der Waals surface area contributed by atoms with Gasteiger partial charge in [-0.2, -0.15) is 0 Å². The fourth-order valence-electron chi connectivity index (χ4n) is 4.86. The molecule has 0 N–H and O–H groups in total. The number of ether oxygens (including phenoxy) is 2. The smallest absolute Gasteiger partial charge is 0.161 e. The van der Waals surface area contributed by atoms with Crippen LogP contribution in [0.15, 0.2) is 54.6 Å². The van der Waals surface area contributed by atoms with Crippen molar-refractivity contribution in [3.8, 4) is 11.5 Å². The van der Waals surface area contributed by atoms with E-state index in [0.29, 0.717) is 0 Å². The van der Waals surface area contributed by atoms with Gasteiger partial charge in [0.05, 0.1) is 14.2 Å². The largest absolute Gasteiger partial charge is 0.493 e. The van der Waals surface area contributed by atoms with Gasteiger partial charge in [0.1, 0.15) is 0 Å². The van der Waals surface area contributed by atoms with Gasteiger partial charge >= 0.3 is 0 Å². The third-order valence-corrected chi connectivity index (χ3v) is 6.68. The lowest BCUT2D eigenvalue weighted by Gasteiger charge is -2.30. The minimum Gasteiger partial charge on any atom is -0.493 e. The minimum atomic E-state index is 0.832. The Morgan fingerprint density at radius 1 is 0.875 bits per heavy atom. The van der Waals surface area contributed by atoms with Crippen LogP contribution in [0.4, 0.5) is 0 Å². The highest BCUT2D eigenvalue weighted by Gasteiger charge is 2.19. The number of hydrogen-bond donors (Lipinski definition) is 0. The van der Waals surface area contributed by atoms with E-state index in [1.807, 2.05) is 0 Å². The molecule has 3 aromatic carbocycles. The number of methoxy groups -OCH3 is 2. The van der Waals surface area contributed by atoms with Crippen molar-refractivity contribution < 1.29 is 9.47 Å². The Hall–Kier alpha value is -2.56. The van der Waals surface area contributed by atoms with E-state index in [9.17, 15) is 0 Å². The van der Waals surface area contributed by atoms with Crippen LogP contribution in [0.1, 0.15) is 29.5 Å². The van der Waals surface area contributed by atoms with Gasteiger partial charge in [-0.05, 0) is 92.0 Å². The molecule has 4 rings (SSSR count). The number of fused-ring (bicyclic) bond motifs is 2. The second kappa shape index (κ2) is 10.8. The van der Waals surface area contributed by atoms with Gasteiger partial charge in [0.25, 0.3) is 0 Å². The quantitative estimate of drug-likeness (QED) is 0.441. The Balaban J connectivity index is 1.20. The van der Waals surface area contributed by atoms with Gasteiger partial charge in [-0.15, -0.1) is 0 Å². The topological polar surface area (TPSA) is 24.9 Å². The maximum Gasteiger partial charge on any atom is 0.161 e. The molecule has 1 aliphatic rings. The first-order valence-corrected chi connectivity index (χ1v) is 11.8. The summed E-state index contributed by atoms with van der Waals surface area (Å²) >= 11 is 0. The van der Waals surface area contributed by atoms with E-state index in [4.69, 9.17) is 9.47 Å². The molecule has 0 amide bonds. The third-order valence-electron chi connectivity index (χ3n) is 6.68. The second-order valence-electron chi connectivity index (χ2n) is 8.90. The number of nitrogens with zero attached hydrogens (tertiary/aromatic N) is 2. The Morgan fingerprint density at radius 2 is 1.59 bits per heavy atom. The molecule has 0 bridgehead atoms. The Kier molecular flexibility index (Phi) is 7.67. The zero-order valence-electron chi connectivity index (χ0n) is 19.8. The Bertz CT molecular complexity index is 1030. The zero-order valence-corrected chi connectivity index (χ0v) is 19.8. The van der Waals surface area contributed by atoms with Crippen LogP contribution in [0.3, 0.4) is 0 Å². The van der Waals surface area contributed by atoms with E-state index in [1.54, 1.807) is 14.2 Å². The SMILES string of the molecule is COc1cc2c(cc1OC)CN(CCCN(C)CCCc1cccc3ccccc13)CC2. The zero-order chi connectivity index (χ0) is 22.3. The first kappa shape index (κ1) is 22.6. The van der Waals surface area contributed by atoms with Gasteiger partial charge in [0.15, 0.2) is 11.5 Å². The predicted octanol–water partition coefficient (Wildman–Crippen LogP) is 5.17. The summed E-state index contributed by atoms with van der Waals surface area (Å²) in [6.07, 6.45) is 4.62. The standard InChI is InChI=1S/C28H36N2O2/c1-29(15-7-12-23-11-6-10-22-9-4-5-13-26(22)23)16-8-17-30-18-14-24-19-27(31-2)28(32-3)20-25(24)21-30/h4-6,9-11,13,19-20H,7-8,12,14-18,21H2,1-3H3. The molecule has 0 aliphatic carbocycles. The van der Waals surface area contributed by atoms with E-state index in [2.05, 4.69) is 71.4 Å². The summed E-state index contributed by atoms with van der Waals surface area (Å²) in [7, 11) is 5.67. The lowest BCUT2D eigenvalue weighted by molar-refractivity contribution is 0.229. The van der Waals surface area contributed by atoms with E-state index in [0.717, 1.165) is 57.1 Å². The summed E-state index contributed by atoms with van der Waals surface area (Å²) < 4.78 is 11.0. The lowest BCUT2D eigenvalue weighted by Crippen LogP contribution is -2.33. The normalized spacial score (nSPS) is 14.0. The molecule has 0 aromatic heterocycles. The Labute approximate surface area is 192 Å². The molecule has 1 aliphatic heterocycles. The molecular formula is C28H36N2O2. The van der Waals surface area contributed by atoms with E-state index >= 15 is 0 Å². The molecule has 170 valence electrons. The number of rotatable bonds is 10. The first-order chi connectivity index (χ1) is 15.7. The number of benzene rings is 3. The molecule has 3 aromatic rings. The minimum absolute atomic E-state index is 0.832. The molecule has 0 atom stereocenters. The van der Waals surface area contributed by atoms with Crippen molar-refractivity contribution >= 4 is 10.8 Å². The summed E-state index contributed by atoms with van der Waals surface area (Å²) in [6.45, 7) is 5.54. The van der Waals surface area contributed by atoms with Crippen molar-refractivity contribution in [2.75, 3.05) is 47.4 Å². The summed E-state index contributed by atoms with van der Waals surface area (Å²) in [5, 5.41) is 2.75. The number of aryl methyl sites for hydroxylation is 1. The van der Waals surface area contributed by atoms with Crippen LogP contribution >= 0.6 is 0 Å². The van der Waals surface area contributed by atoms with Gasteiger partial charge in [-0.3, -0.25) is 4.90 Å². The fraction of sp³-hybridized carbons (Fsp3) is 0.429. The van der Waals surface area contributed by atoms with Crippen LogP contribution < -0.4 is 9.47 Å². The van der Waals surface area contributed by atoms with Gasteiger partial charge in [0.2, 0.25) is 0 Å².